The summed E-state index contributed by atoms with van der Waals surface area (Å²) in [5.74, 6) is -0.106. The fourth-order valence-electron chi connectivity index (χ4n) is 1.72. The van der Waals surface area contributed by atoms with Gasteiger partial charge in [-0.3, -0.25) is 0 Å². The minimum Gasteiger partial charge on any atom is -0.496 e. The lowest BCUT2D eigenvalue weighted by atomic mass is 9.93. The first-order valence-corrected chi connectivity index (χ1v) is 5.98. The monoisotopic (exact) mass is 255 g/mol. The van der Waals surface area contributed by atoms with Crippen LogP contribution in [-0.2, 0) is 5.60 Å². The number of aliphatic hydroxyl groups is 1. The van der Waals surface area contributed by atoms with E-state index >= 15 is 0 Å². The van der Waals surface area contributed by atoms with Gasteiger partial charge in [-0.15, -0.1) is 0 Å². The Bertz CT molecular complexity index is 411. The molecule has 3 nitrogen and oxygen atoms in total. The van der Waals surface area contributed by atoms with Crippen LogP contribution < -0.4 is 10.1 Å². The molecule has 0 saturated heterocycles. The minimum absolute atomic E-state index is 0.150. The molecule has 2 N–H and O–H groups in total. The van der Waals surface area contributed by atoms with Crippen LogP contribution in [-0.4, -0.2) is 24.3 Å². The summed E-state index contributed by atoms with van der Waals surface area (Å²) >= 11 is 0. The van der Waals surface area contributed by atoms with Gasteiger partial charge in [-0.05, 0) is 39.8 Å². The van der Waals surface area contributed by atoms with E-state index in [1.165, 1.54) is 13.2 Å². The van der Waals surface area contributed by atoms with Gasteiger partial charge in [0, 0.05) is 12.1 Å². The largest absolute Gasteiger partial charge is 0.496 e. The number of rotatable bonds is 4. The van der Waals surface area contributed by atoms with E-state index in [2.05, 4.69) is 5.32 Å². The predicted octanol–water partition coefficient (Wildman–Crippen LogP) is 2.43. The molecule has 4 heteroatoms. The third kappa shape index (κ3) is 3.68. The smallest absolute Gasteiger partial charge is 0.133 e. The molecule has 0 amide bonds. The lowest BCUT2D eigenvalue weighted by Crippen LogP contribution is -2.45. The first kappa shape index (κ1) is 14.9. The number of nitrogens with one attached hydrogen (secondary N) is 1. The van der Waals surface area contributed by atoms with Crippen LogP contribution in [0.15, 0.2) is 18.2 Å². The first-order valence-electron chi connectivity index (χ1n) is 5.98. The van der Waals surface area contributed by atoms with Crippen molar-refractivity contribution < 1.29 is 14.2 Å². The van der Waals surface area contributed by atoms with E-state index < -0.39 is 11.4 Å². The van der Waals surface area contributed by atoms with Crippen LogP contribution in [0.1, 0.15) is 33.3 Å². The van der Waals surface area contributed by atoms with E-state index in [1.54, 1.807) is 19.1 Å². The molecule has 1 aromatic carbocycles. The predicted molar refractivity (Wildman–Crippen MR) is 70.3 cm³/mol. The normalized spacial score (nSPS) is 15.3. The average Bonchev–Trinajstić information content (AvgIpc) is 2.25. The van der Waals surface area contributed by atoms with E-state index in [-0.39, 0.29) is 17.6 Å². The number of methoxy groups -OCH3 is 1. The third-order valence-electron chi connectivity index (χ3n) is 2.70. The van der Waals surface area contributed by atoms with Crippen molar-refractivity contribution >= 4 is 0 Å². The highest BCUT2D eigenvalue weighted by molar-refractivity contribution is 5.39. The van der Waals surface area contributed by atoms with E-state index in [0.29, 0.717) is 5.75 Å². The van der Waals surface area contributed by atoms with Gasteiger partial charge in [-0.2, -0.15) is 0 Å². The average molecular weight is 255 g/mol. The molecule has 0 bridgehead atoms. The molecule has 0 heterocycles. The van der Waals surface area contributed by atoms with Gasteiger partial charge in [-0.1, -0.05) is 6.07 Å². The molecule has 1 unspecified atom stereocenters. The Morgan fingerprint density at radius 3 is 2.39 bits per heavy atom. The molecular weight excluding hydrogens is 233 g/mol. The highest BCUT2D eigenvalue weighted by Crippen LogP contribution is 2.32. The van der Waals surface area contributed by atoms with Crippen LogP contribution in [0.25, 0.3) is 0 Å². The Labute approximate surface area is 108 Å². The number of ether oxygens (including phenoxy) is 1. The summed E-state index contributed by atoms with van der Waals surface area (Å²) in [4.78, 5) is 0. The molecule has 0 radical (unpaired) electrons. The molecule has 18 heavy (non-hydrogen) atoms. The number of halogens is 1. The van der Waals surface area contributed by atoms with Crippen LogP contribution in [0.4, 0.5) is 4.39 Å². The summed E-state index contributed by atoms with van der Waals surface area (Å²) in [5.41, 5.74) is -1.30. The number of β-amino-alcohol motifs (C(OH)–C–C–N with tert-alkyl or cyclic N) is 1. The van der Waals surface area contributed by atoms with Gasteiger partial charge in [0.05, 0.1) is 12.7 Å². The first-order chi connectivity index (χ1) is 8.17. The molecule has 0 aliphatic rings. The number of hydrogen-bond donors (Lipinski definition) is 2. The van der Waals surface area contributed by atoms with E-state index in [1.807, 2.05) is 20.8 Å². The van der Waals surface area contributed by atoms with Crippen LogP contribution in [0, 0.1) is 5.82 Å². The van der Waals surface area contributed by atoms with E-state index in [0.717, 1.165) is 0 Å². The van der Waals surface area contributed by atoms with Crippen LogP contribution in [0.2, 0.25) is 0 Å². The molecule has 0 aliphatic heterocycles. The van der Waals surface area contributed by atoms with Gasteiger partial charge in [0.25, 0.3) is 0 Å². The van der Waals surface area contributed by atoms with Crippen molar-refractivity contribution in [2.45, 2.75) is 38.8 Å². The second-order valence-corrected chi connectivity index (χ2v) is 5.69. The zero-order chi connectivity index (χ0) is 14.0. The molecule has 0 saturated carbocycles. The highest BCUT2D eigenvalue weighted by Gasteiger charge is 2.31. The summed E-state index contributed by atoms with van der Waals surface area (Å²) in [6.45, 7) is 7.78. The maximum atomic E-state index is 13.9. The third-order valence-corrected chi connectivity index (χ3v) is 2.70. The fourth-order valence-corrected chi connectivity index (χ4v) is 1.72. The van der Waals surface area contributed by atoms with Gasteiger partial charge in [0.1, 0.15) is 17.2 Å². The molecule has 1 atom stereocenters. The van der Waals surface area contributed by atoms with Crippen molar-refractivity contribution in [1.82, 2.24) is 5.32 Å². The van der Waals surface area contributed by atoms with Crippen molar-refractivity contribution in [3.05, 3.63) is 29.6 Å². The minimum atomic E-state index is -1.33. The van der Waals surface area contributed by atoms with E-state index in [9.17, 15) is 9.50 Å². The zero-order valence-corrected chi connectivity index (χ0v) is 11.7. The SMILES string of the molecule is COc1cccc(F)c1C(C)(O)CNC(C)(C)C. The Morgan fingerprint density at radius 1 is 1.28 bits per heavy atom. The Hall–Kier alpha value is -1.13. The van der Waals surface area contributed by atoms with Crippen LogP contribution in [0.5, 0.6) is 5.75 Å². The lowest BCUT2D eigenvalue weighted by Gasteiger charge is -2.30. The standard InChI is InChI=1S/C14H22FNO2/c1-13(2,3)16-9-14(4,17)12-10(15)7-6-8-11(12)18-5/h6-8,16-17H,9H2,1-5H3. The summed E-state index contributed by atoms with van der Waals surface area (Å²) < 4.78 is 19.0. The van der Waals surface area contributed by atoms with Gasteiger partial charge in [0.2, 0.25) is 0 Å². The molecule has 0 aliphatic carbocycles. The van der Waals surface area contributed by atoms with Crippen LogP contribution in [0.3, 0.4) is 0 Å². The Kier molecular flexibility index (Phi) is 4.35. The van der Waals surface area contributed by atoms with Crippen molar-refractivity contribution in [2.75, 3.05) is 13.7 Å². The molecule has 0 spiro atoms. The topological polar surface area (TPSA) is 41.5 Å². The summed E-state index contributed by atoms with van der Waals surface area (Å²) in [7, 11) is 1.46. The molecule has 0 fully saturated rings. The van der Waals surface area contributed by atoms with Gasteiger partial charge in [0.15, 0.2) is 0 Å². The van der Waals surface area contributed by atoms with Crippen molar-refractivity contribution in [3.63, 3.8) is 0 Å². The lowest BCUT2D eigenvalue weighted by molar-refractivity contribution is 0.0440. The molecule has 0 aromatic heterocycles. The molecule has 102 valence electrons. The van der Waals surface area contributed by atoms with Gasteiger partial charge in [-0.25, -0.2) is 4.39 Å². The zero-order valence-electron chi connectivity index (χ0n) is 11.7. The fraction of sp³-hybridized carbons (Fsp3) is 0.571. The Balaban J connectivity index is 3.04. The second-order valence-electron chi connectivity index (χ2n) is 5.69. The second kappa shape index (κ2) is 5.24. The van der Waals surface area contributed by atoms with Crippen LogP contribution >= 0.6 is 0 Å². The van der Waals surface area contributed by atoms with Crippen molar-refractivity contribution in [1.29, 1.82) is 0 Å². The Morgan fingerprint density at radius 2 is 1.89 bits per heavy atom. The van der Waals surface area contributed by atoms with Crippen molar-refractivity contribution in [3.8, 4) is 5.75 Å². The maximum Gasteiger partial charge on any atom is 0.133 e. The van der Waals surface area contributed by atoms with Gasteiger partial charge < -0.3 is 15.2 Å². The summed E-state index contributed by atoms with van der Waals surface area (Å²) in [5, 5.41) is 13.6. The summed E-state index contributed by atoms with van der Waals surface area (Å²) in [6, 6.07) is 4.53. The van der Waals surface area contributed by atoms with Crippen molar-refractivity contribution in [2.24, 2.45) is 0 Å². The number of benzene rings is 1. The number of hydrogen-bond acceptors (Lipinski definition) is 3. The highest BCUT2D eigenvalue weighted by atomic mass is 19.1. The molecule has 1 aromatic rings. The maximum absolute atomic E-state index is 13.9. The summed E-state index contributed by atoms with van der Waals surface area (Å²) in [6.07, 6.45) is 0. The molecular formula is C14H22FNO2. The van der Waals surface area contributed by atoms with E-state index in [4.69, 9.17) is 4.74 Å². The quantitative estimate of drug-likeness (QED) is 0.868. The van der Waals surface area contributed by atoms with Gasteiger partial charge >= 0.3 is 0 Å². The molecule has 1 rings (SSSR count).